The van der Waals surface area contributed by atoms with Crippen molar-refractivity contribution in [1.29, 1.82) is 0 Å². The molecular weight excluding hydrogens is 373 g/mol. The highest BCUT2D eigenvalue weighted by Crippen LogP contribution is 2.17. The van der Waals surface area contributed by atoms with E-state index in [0.29, 0.717) is 17.5 Å². The number of sulfonamides is 1. The lowest BCUT2D eigenvalue weighted by Crippen LogP contribution is -2.46. The van der Waals surface area contributed by atoms with Crippen LogP contribution in [-0.4, -0.2) is 44.8 Å². The SMILES string of the molecule is CC(C)CC(CN)NC(=O)CN(C)S(=O)(=O)c1ccc(Cl)cc1.Cl. The standard InChI is InChI=1S/C15H24ClN3O3S.ClH/c1-11(2)8-13(9-17)18-15(20)10-19(3)23(21,22)14-6-4-12(16)5-7-14;/h4-7,11,13H,8-10,17H2,1-3H3,(H,18,20);1H. The van der Waals surface area contributed by atoms with Crippen LogP contribution in [-0.2, 0) is 14.8 Å². The molecule has 1 rings (SSSR count). The zero-order chi connectivity index (χ0) is 17.6. The summed E-state index contributed by atoms with van der Waals surface area (Å²) < 4.78 is 25.8. The molecule has 3 N–H and O–H groups in total. The molecule has 0 heterocycles. The van der Waals surface area contributed by atoms with Gasteiger partial charge in [-0.1, -0.05) is 25.4 Å². The number of likely N-dealkylation sites (N-methyl/N-ethyl adjacent to an activating group) is 1. The Morgan fingerprint density at radius 3 is 2.29 bits per heavy atom. The van der Waals surface area contributed by atoms with Crippen molar-refractivity contribution in [3.63, 3.8) is 0 Å². The zero-order valence-electron chi connectivity index (χ0n) is 14.0. The van der Waals surface area contributed by atoms with Crippen molar-refractivity contribution in [2.75, 3.05) is 20.1 Å². The number of nitrogens with zero attached hydrogens (tertiary/aromatic N) is 1. The van der Waals surface area contributed by atoms with Gasteiger partial charge in [-0.3, -0.25) is 4.79 Å². The molecule has 1 aromatic carbocycles. The van der Waals surface area contributed by atoms with E-state index in [1.807, 2.05) is 13.8 Å². The number of carbonyl (C=O) groups is 1. The minimum Gasteiger partial charge on any atom is -0.351 e. The molecule has 24 heavy (non-hydrogen) atoms. The summed E-state index contributed by atoms with van der Waals surface area (Å²) in [6, 6.07) is 5.65. The van der Waals surface area contributed by atoms with Gasteiger partial charge in [-0.05, 0) is 36.6 Å². The van der Waals surface area contributed by atoms with Crippen LogP contribution in [0.5, 0.6) is 0 Å². The number of amides is 1. The van der Waals surface area contributed by atoms with Crippen molar-refractivity contribution in [2.45, 2.75) is 31.2 Å². The molecule has 0 radical (unpaired) electrons. The Labute approximate surface area is 155 Å². The van der Waals surface area contributed by atoms with E-state index in [0.717, 1.165) is 10.7 Å². The Kier molecular flexibility index (Phi) is 9.84. The van der Waals surface area contributed by atoms with Crippen LogP contribution in [0.4, 0.5) is 0 Å². The minimum atomic E-state index is -3.73. The van der Waals surface area contributed by atoms with E-state index in [2.05, 4.69) is 5.32 Å². The topological polar surface area (TPSA) is 92.5 Å². The highest BCUT2D eigenvalue weighted by molar-refractivity contribution is 7.89. The van der Waals surface area contributed by atoms with Gasteiger partial charge in [0.05, 0.1) is 11.4 Å². The lowest BCUT2D eigenvalue weighted by atomic mass is 10.0. The largest absolute Gasteiger partial charge is 0.351 e. The Hall–Kier alpha value is -0.860. The monoisotopic (exact) mass is 397 g/mol. The molecule has 0 aliphatic rings. The molecule has 9 heteroatoms. The summed E-state index contributed by atoms with van der Waals surface area (Å²) in [5.74, 6) is 0.0144. The van der Waals surface area contributed by atoms with E-state index >= 15 is 0 Å². The third-order valence-electron chi connectivity index (χ3n) is 3.29. The molecule has 138 valence electrons. The first-order valence-corrected chi connectivity index (χ1v) is 9.20. The highest BCUT2D eigenvalue weighted by Gasteiger charge is 2.23. The lowest BCUT2D eigenvalue weighted by Gasteiger charge is -2.21. The number of halogens is 2. The van der Waals surface area contributed by atoms with Crippen LogP contribution in [0.2, 0.25) is 5.02 Å². The average molecular weight is 398 g/mol. The van der Waals surface area contributed by atoms with Gasteiger partial charge < -0.3 is 11.1 Å². The van der Waals surface area contributed by atoms with Crippen LogP contribution in [0.15, 0.2) is 29.2 Å². The van der Waals surface area contributed by atoms with Crippen LogP contribution in [0, 0.1) is 5.92 Å². The van der Waals surface area contributed by atoms with Crippen molar-refractivity contribution in [3.05, 3.63) is 29.3 Å². The molecule has 1 atom stereocenters. The van der Waals surface area contributed by atoms with Crippen LogP contribution in [0.25, 0.3) is 0 Å². The molecule has 0 aliphatic heterocycles. The van der Waals surface area contributed by atoms with E-state index in [1.165, 1.54) is 31.3 Å². The molecule has 1 amide bonds. The van der Waals surface area contributed by atoms with Gasteiger partial charge in [0.1, 0.15) is 0 Å². The van der Waals surface area contributed by atoms with Crippen molar-refractivity contribution < 1.29 is 13.2 Å². The second-order valence-corrected chi connectivity index (χ2v) is 8.33. The second-order valence-electron chi connectivity index (χ2n) is 5.84. The molecular formula is C15H25Cl2N3O3S. The van der Waals surface area contributed by atoms with Gasteiger partial charge in [-0.15, -0.1) is 12.4 Å². The molecule has 0 spiro atoms. The fourth-order valence-corrected chi connectivity index (χ4v) is 3.38. The first-order chi connectivity index (χ1) is 10.7. The predicted octanol–water partition coefficient (Wildman–Crippen LogP) is 1.87. The van der Waals surface area contributed by atoms with Gasteiger partial charge in [0.25, 0.3) is 0 Å². The van der Waals surface area contributed by atoms with E-state index in [1.54, 1.807) is 0 Å². The van der Waals surface area contributed by atoms with E-state index in [-0.39, 0.29) is 35.8 Å². The van der Waals surface area contributed by atoms with Crippen molar-refractivity contribution in [1.82, 2.24) is 9.62 Å². The Bertz CT molecular complexity index is 621. The van der Waals surface area contributed by atoms with Crippen LogP contribution in [0.1, 0.15) is 20.3 Å². The summed E-state index contributed by atoms with van der Waals surface area (Å²) in [6.07, 6.45) is 0.746. The maximum absolute atomic E-state index is 12.4. The van der Waals surface area contributed by atoms with Crippen molar-refractivity contribution in [2.24, 2.45) is 11.7 Å². The molecule has 0 bridgehead atoms. The fraction of sp³-hybridized carbons (Fsp3) is 0.533. The molecule has 0 aromatic heterocycles. The maximum atomic E-state index is 12.4. The first-order valence-electron chi connectivity index (χ1n) is 7.38. The van der Waals surface area contributed by atoms with Gasteiger partial charge in [0, 0.05) is 24.7 Å². The van der Waals surface area contributed by atoms with Gasteiger partial charge in [-0.2, -0.15) is 4.31 Å². The Morgan fingerprint density at radius 2 is 1.83 bits per heavy atom. The fourth-order valence-electron chi connectivity index (χ4n) is 2.13. The average Bonchev–Trinajstić information content (AvgIpc) is 2.46. The van der Waals surface area contributed by atoms with E-state index in [4.69, 9.17) is 17.3 Å². The van der Waals surface area contributed by atoms with Gasteiger partial charge in [0.15, 0.2) is 0 Å². The normalized spacial score (nSPS) is 12.8. The Morgan fingerprint density at radius 1 is 1.29 bits per heavy atom. The number of hydrogen-bond acceptors (Lipinski definition) is 4. The summed E-state index contributed by atoms with van der Waals surface area (Å²) in [4.78, 5) is 12.1. The summed E-state index contributed by atoms with van der Waals surface area (Å²) >= 11 is 5.76. The van der Waals surface area contributed by atoms with E-state index in [9.17, 15) is 13.2 Å². The number of nitrogens with two attached hydrogens (primary N) is 1. The highest BCUT2D eigenvalue weighted by atomic mass is 35.5. The summed E-state index contributed by atoms with van der Waals surface area (Å²) in [5, 5.41) is 3.22. The number of carbonyl (C=O) groups excluding carboxylic acids is 1. The van der Waals surface area contributed by atoms with E-state index < -0.39 is 10.0 Å². The number of hydrogen-bond donors (Lipinski definition) is 2. The summed E-state index contributed by atoms with van der Waals surface area (Å²) in [7, 11) is -2.37. The number of benzene rings is 1. The molecule has 6 nitrogen and oxygen atoms in total. The van der Waals surface area contributed by atoms with Crippen LogP contribution in [0.3, 0.4) is 0 Å². The van der Waals surface area contributed by atoms with Crippen LogP contribution >= 0.6 is 24.0 Å². The molecule has 0 saturated heterocycles. The summed E-state index contributed by atoms with van der Waals surface area (Å²) in [6.45, 7) is 4.12. The number of nitrogens with one attached hydrogen (secondary N) is 1. The molecule has 0 saturated carbocycles. The van der Waals surface area contributed by atoms with Crippen molar-refractivity contribution in [3.8, 4) is 0 Å². The van der Waals surface area contributed by atoms with Gasteiger partial charge >= 0.3 is 0 Å². The molecule has 1 unspecified atom stereocenters. The molecule has 1 aromatic rings. The van der Waals surface area contributed by atoms with Crippen LogP contribution < -0.4 is 11.1 Å². The molecule has 0 aliphatic carbocycles. The first kappa shape index (κ1) is 23.1. The quantitative estimate of drug-likeness (QED) is 0.699. The predicted molar refractivity (Wildman–Crippen MR) is 99.0 cm³/mol. The zero-order valence-corrected chi connectivity index (χ0v) is 16.4. The summed E-state index contributed by atoms with van der Waals surface area (Å²) in [5.41, 5.74) is 5.63. The Balaban J connectivity index is 0.00000529. The van der Waals surface area contributed by atoms with Gasteiger partial charge in [-0.25, -0.2) is 8.42 Å². The number of rotatable bonds is 8. The lowest BCUT2D eigenvalue weighted by molar-refractivity contribution is -0.121. The van der Waals surface area contributed by atoms with Crippen molar-refractivity contribution >= 4 is 39.9 Å². The second kappa shape index (κ2) is 10.2. The third-order valence-corrected chi connectivity index (χ3v) is 5.36. The third kappa shape index (κ3) is 6.94. The van der Waals surface area contributed by atoms with Gasteiger partial charge in [0.2, 0.25) is 15.9 Å². The minimum absolute atomic E-state index is 0. The smallest absolute Gasteiger partial charge is 0.243 e. The molecule has 0 fully saturated rings. The maximum Gasteiger partial charge on any atom is 0.243 e.